The van der Waals surface area contributed by atoms with E-state index in [9.17, 15) is 19.5 Å². The number of carboxylic acids is 1. The van der Waals surface area contributed by atoms with Crippen molar-refractivity contribution in [2.24, 2.45) is 0 Å². The van der Waals surface area contributed by atoms with Crippen LogP contribution in [-0.2, 0) is 9.59 Å². The number of carbonyl (C=O) groups is 3. The first kappa shape index (κ1) is 21.5. The second-order valence-electron chi connectivity index (χ2n) is 6.05. The lowest BCUT2D eigenvalue weighted by molar-refractivity contribution is -0.122. The Hall–Kier alpha value is -3.24. The summed E-state index contributed by atoms with van der Waals surface area (Å²) in [6, 6.07) is 8.98. The Morgan fingerprint density at radius 3 is 2.57 bits per heavy atom. The van der Waals surface area contributed by atoms with Gasteiger partial charge in [-0.3, -0.25) is 19.8 Å². The van der Waals surface area contributed by atoms with Crippen molar-refractivity contribution in [3.63, 3.8) is 0 Å². The SMILES string of the molecule is COc1cc(C=C2C(=O)NC(=S)N(c3cccc(C(=O)O)c3)C2=O)cc(Br)c1OC. The molecule has 0 radical (unpaired) electrons. The number of ether oxygens (including phenoxy) is 2. The number of carboxylic acid groups (broad SMARTS) is 1. The predicted molar refractivity (Wildman–Crippen MR) is 117 cm³/mol. The van der Waals surface area contributed by atoms with Crippen LogP contribution >= 0.6 is 28.1 Å². The molecule has 2 aromatic rings. The van der Waals surface area contributed by atoms with Gasteiger partial charge in [0.2, 0.25) is 0 Å². The number of nitrogens with one attached hydrogen (secondary N) is 1. The molecule has 0 bridgehead atoms. The molecule has 1 fully saturated rings. The van der Waals surface area contributed by atoms with Crippen molar-refractivity contribution in [3.8, 4) is 11.5 Å². The average molecular weight is 491 g/mol. The van der Waals surface area contributed by atoms with Crippen molar-refractivity contribution in [2.45, 2.75) is 0 Å². The van der Waals surface area contributed by atoms with E-state index in [0.717, 1.165) is 4.90 Å². The highest BCUT2D eigenvalue weighted by Crippen LogP contribution is 2.37. The number of benzene rings is 2. The second kappa shape index (κ2) is 8.64. The monoisotopic (exact) mass is 490 g/mol. The van der Waals surface area contributed by atoms with Crippen LogP contribution in [0.15, 0.2) is 46.4 Å². The van der Waals surface area contributed by atoms with Gasteiger partial charge >= 0.3 is 5.97 Å². The van der Waals surface area contributed by atoms with Gasteiger partial charge in [-0.15, -0.1) is 0 Å². The quantitative estimate of drug-likeness (QED) is 0.377. The molecule has 154 valence electrons. The summed E-state index contributed by atoms with van der Waals surface area (Å²) in [6.07, 6.45) is 1.39. The molecular weight excluding hydrogens is 476 g/mol. The van der Waals surface area contributed by atoms with Crippen LogP contribution in [0, 0.1) is 0 Å². The minimum absolute atomic E-state index is 0.0191. The minimum Gasteiger partial charge on any atom is -0.493 e. The summed E-state index contributed by atoms with van der Waals surface area (Å²) in [5.74, 6) is -1.63. The summed E-state index contributed by atoms with van der Waals surface area (Å²) in [5, 5.41) is 11.5. The molecule has 1 heterocycles. The topological polar surface area (TPSA) is 105 Å². The van der Waals surface area contributed by atoms with Crippen molar-refractivity contribution >= 4 is 62.8 Å². The third kappa shape index (κ3) is 4.05. The highest BCUT2D eigenvalue weighted by Gasteiger charge is 2.34. The molecule has 1 aliphatic heterocycles. The zero-order chi connectivity index (χ0) is 22.0. The van der Waals surface area contributed by atoms with E-state index in [1.807, 2.05) is 0 Å². The number of thiocarbonyl (C=S) groups is 1. The minimum atomic E-state index is -1.15. The van der Waals surface area contributed by atoms with E-state index in [1.165, 1.54) is 44.6 Å². The fourth-order valence-electron chi connectivity index (χ4n) is 2.86. The Morgan fingerprint density at radius 2 is 1.93 bits per heavy atom. The molecule has 2 amide bonds. The zero-order valence-corrected chi connectivity index (χ0v) is 18.2. The first-order valence-electron chi connectivity index (χ1n) is 8.43. The maximum atomic E-state index is 13.1. The van der Waals surface area contributed by atoms with Crippen LogP contribution in [0.5, 0.6) is 11.5 Å². The number of nitrogens with zero attached hydrogens (tertiary/aromatic N) is 1. The third-order valence-corrected chi connectivity index (χ3v) is 5.09. The van der Waals surface area contributed by atoms with Gasteiger partial charge in [-0.25, -0.2) is 4.79 Å². The molecule has 8 nitrogen and oxygen atoms in total. The standard InChI is InChI=1S/C20H15BrN2O6S/c1-28-15-8-10(7-14(21)16(15)29-2)6-13-17(24)22-20(30)23(18(13)25)12-5-3-4-11(9-12)19(26)27/h3-9H,1-2H3,(H,26,27)(H,22,24,30). The van der Waals surface area contributed by atoms with Crippen LogP contribution in [0.3, 0.4) is 0 Å². The van der Waals surface area contributed by atoms with Gasteiger partial charge in [0.25, 0.3) is 11.8 Å². The number of rotatable bonds is 5. The summed E-state index contributed by atoms with van der Waals surface area (Å²) >= 11 is 8.50. The molecular formula is C20H15BrN2O6S. The number of aromatic carboxylic acids is 1. The van der Waals surface area contributed by atoms with E-state index in [1.54, 1.807) is 12.1 Å². The summed E-state index contributed by atoms with van der Waals surface area (Å²) in [7, 11) is 2.96. The molecule has 0 aliphatic carbocycles. The van der Waals surface area contributed by atoms with Gasteiger partial charge in [0.1, 0.15) is 5.57 Å². The molecule has 1 aliphatic rings. The maximum Gasteiger partial charge on any atom is 0.335 e. The van der Waals surface area contributed by atoms with Gasteiger partial charge in [0.05, 0.1) is 29.9 Å². The Morgan fingerprint density at radius 1 is 1.20 bits per heavy atom. The van der Waals surface area contributed by atoms with Crippen molar-refractivity contribution in [3.05, 3.63) is 57.6 Å². The fraction of sp³-hybridized carbons (Fsp3) is 0.100. The lowest BCUT2D eigenvalue weighted by Crippen LogP contribution is -2.54. The largest absolute Gasteiger partial charge is 0.493 e. The number of hydrogen-bond acceptors (Lipinski definition) is 6. The molecule has 0 spiro atoms. The van der Waals surface area contributed by atoms with Crippen LogP contribution in [0.4, 0.5) is 5.69 Å². The van der Waals surface area contributed by atoms with Crippen molar-refractivity contribution < 1.29 is 29.0 Å². The molecule has 3 rings (SSSR count). The van der Waals surface area contributed by atoms with E-state index >= 15 is 0 Å². The Bertz CT molecular complexity index is 1110. The summed E-state index contributed by atoms with van der Waals surface area (Å²) < 4.78 is 11.1. The van der Waals surface area contributed by atoms with Crippen LogP contribution in [0.1, 0.15) is 15.9 Å². The molecule has 0 saturated carbocycles. The van der Waals surface area contributed by atoms with Crippen LogP contribution < -0.4 is 19.7 Å². The number of carbonyl (C=O) groups excluding carboxylic acids is 2. The normalized spacial score (nSPS) is 15.2. The van der Waals surface area contributed by atoms with Gasteiger partial charge in [-0.1, -0.05) is 6.07 Å². The van der Waals surface area contributed by atoms with Crippen LogP contribution in [0.25, 0.3) is 6.08 Å². The summed E-state index contributed by atoms with van der Waals surface area (Å²) in [5.41, 5.74) is 0.534. The second-order valence-corrected chi connectivity index (χ2v) is 7.29. The van der Waals surface area contributed by atoms with E-state index in [2.05, 4.69) is 21.2 Å². The molecule has 2 aromatic carbocycles. The van der Waals surface area contributed by atoms with E-state index in [4.69, 9.17) is 21.7 Å². The highest BCUT2D eigenvalue weighted by atomic mass is 79.9. The third-order valence-electron chi connectivity index (χ3n) is 4.22. The number of hydrogen-bond donors (Lipinski definition) is 2. The molecule has 0 unspecified atom stereocenters. The van der Waals surface area contributed by atoms with Gasteiger partial charge in [-0.05, 0) is 70.1 Å². The molecule has 1 saturated heterocycles. The van der Waals surface area contributed by atoms with Gasteiger partial charge in [-0.2, -0.15) is 0 Å². The van der Waals surface area contributed by atoms with Crippen LogP contribution in [0.2, 0.25) is 0 Å². The number of methoxy groups -OCH3 is 2. The van der Waals surface area contributed by atoms with Gasteiger partial charge in [0.15, 0.2) is 16.6 Å². The molecule has 0 atom stereocenters. The smallest absolute Gasteiger partial charge is 0.335 e. The Labute approximate surface area is 185 Å². The predicted octanol–water partition coefficient (Wildman–Crippen LogP) is 3.00. The zero-order valence-electron chi connectivity index (χ0n) is 15.8. The van der Waals surface area contributed by atoms with E-state index in [-0.39, 0.29) is 21.9 Å². The van der Waals surface area contributed by atoms with Gasteiger partial charge < -0.3 is 14.6 Å². The number of halogens is 1. The lowest BCUT2D eigenvalue weighted by atomic mass is 10.1. The number of amides is 2. The first-order chi connectivity index (χ1) is 14.3. The van der Waals surface area contributed by atoms with E-state index in [0.29, 0.717) is 21.5 Å². The number of anilines is 1. The van der Waals surface area contributed by atoms with Crippen molar-refractivity contribution in [1.82, 2.24) is 5.32 Å². The highest BCUT2D eigenvalue weighted by molar-refractivity contribution is 9.10. The Balaban J connectivity index is 2.06. The Kier molecular flexibility index (Phi) is 6.18. The van der Waals surface area contributed by atoms with E-state index < -0.39 is 17.8 Å². The summed E-state index contributed by atoms with van der Waals surface area (Å²) in [4.78, 5) is 37.9. The van der Waals surface area contributed by atoms with Gasteiger partial charge in [0, 0.05) is 0 Å². The fourth-order valence-corrected chi connectivity index (χ4v) is 3.76. The first-order valence-corrected chi connectivity index (χ1v) is 9.63. The average Bonchev–Trinajstić information content (AvgIpc) is 2.70. The van der Waals surface area contributed by atoms with Crippen LogP contribution in [-0.4, -0.2) is 42.2 Å². The van der Waals surface area contributed by atoms with Crippen molar-refractivity contribution in [2.75, 3.05) is 19.1 Å². The molecule has 2 N–H and O–H groups in total. The summed E-state index contributed by atoms with van der Waals surface area (Å²) in [6.45, 7) is 0. The lowest BCUT2D eigenvalue weighted by Gasteiger charge is -2.29. The molecule has 10 heteroatoms. The molecule has 0 aromatic heterocycles. The van der Waals surface area contributed by atoms with Crippen molar-refractivity contribution in [1.29, 1.82) is 0 Å². The maximum absolute atomic E-state index is 13.1. The molecule has 30 heavy (non-hydrogen) atoms.